The number of halogens is 1. The molecule has 2 fully saturated rings. The van der Waals surface area contributed by atoms with Crippen molar-refractivity contribution in [3.05, 3.63) is 47.3 Å². The number of nitriles is 1. The first kappa shape index (κ1) is 21.4. The van der Waals surface area contributed by atoms with Crippen molar-refractivity contribution in [3.63, 3.8) is 0 Å². The lowest BCUT2D eigenvalue weighted by Crippen LogP contribution is -2.30. The van der Waals surface area contributed by atoms with Crippen LogP contribution in [0.4, 0.5) is 4.39 Å². The van der Waals surface area contributed by atoms with E-state index in [1.54, 1.807) is 6.07 Å². The van der Waals surface area contributed by atoms with Gasteiger partial charge in [-0.1, -0.05) is 70.1 Å². The van der Waals surface area contributed by atoms with Gasteiger partial charge in [0, 0.05) is 0 Å². The van der Waals surface area contributed by atoms with Crippen LogP contribution in [0.2, 0.25) is 0 Å². The smallest absolute Gasteiger partial charge is 0.141 e. The van der Waals surface area contributed by atoms with Crippen molar-refractivity contribution >= 4 is 10.8 Å². The molecule has 2 aromatic carbocycles. The summed E-state index contributed by atoms with van der Waals surface area (Å²) in [7, 11) is 0. The maximum Gasteiger partial charge on any atom is 0.141 e. The highest BCUT2D eigenvalue weighted by atomic mass is 19.1. The zero-order chi connectivity index (χ0) is 20.9. The molecule has 0 heterocycles. The quantitative estimate of drug-likeness (QED) is 0.423. The summed E-state index contributed by atoms with van der Waals surface area (Å²) in [5.41, 5.74) is 1.50. The summed E-state index contributed by atoms with van der Waals surface area (Å²) in [6.07, 6.45) is 16.7. The van der Waals surface area contributed by atoms with Gasteiger partial charge in [-0.05, 0) is 84.2 Å². The van der Waals surface area contributed by atoms with E-state index >= 15 is 0 Å². The van der Waals surface area contributed by atoms with Crippen LogP contribution in [0.5, 0.6) is 0 Å². The molecule has 0 radical (unpaired) electrons. The molecular formula is C28H36FN. The third kappa shape index (κ3) is 4.88. The van der Waals surface area contributed by atoms with Crippen LogP contribution in [-0.2, 0) is 0 Å². The second kappa shape index (κ2) is 9.95. The minimum absolute atomic E-state index is 0.137. The highest BCUT2D eigenvalue weighted by Crippen LogP contribution is 2.48. The summed E-state index contributed by atoms with van der Waals surface area (Å²) in [4.78, 5) is 0. The van der Waals surface area contributed by atoms with Crippen molar-refractivity contribution < 1.29 is 4.39 Å². The molecule has 2 saturated carbocycles. The third-order valence-corrected chi connectivity index (χ3v) is 7.98. The van der Waals surface area contributed by atoms with Gasteiger partial charge in [-0.3, -0.25) is 0 Å². The van der Waals surface area contributed by atoms with Crippen LogP contribution in [0.3, 0.4) is 0 Å². The molecule has 4 rings (SSSR count). The summed E-state index contributed by atoms with van der Waals surface area (Å²) < 4.78 is 14.1. The molecule has 160 valence electrons. The van der Waals surface area contributed by atoms with Gasteiger partial charge in [0.2, 0.25) is 0 Å². The predicted octanol–water partition coefficient (Wildman–Crippen LogP) is 8.51. The fraction of sp³-hybridized carbons (Fsp3) is 0.607. The minimum atomic E-state index is -0.404. The number of hydrogen-bond donors (Lipinski definition) is 0. The Hall–Kier alpha value is -1.88. The van der Waals surface area contributed by atoms with E-state index in [2.05, 4.69) is 25.1 Å². The zero-order valence-corrected chi connectivity index (χ0v) is 18.5. The first-order valence-corrected chi connectivity index (χ1v) is 12.3. The first-order valence-electron chi connectivity index (χ1n) is 12.3. The highest BCUT2D eigenvalue weighted by Gasteiger charge is 2.35. The SMILES string of the molecule is CCCCCCC[C@@H]1CC[C@@H]2CC(c3ccc4cc(C#N)c(F)cc4c3)CCC2C1. The predicted molar refractivity (Wildman–Crippen MR) is 123 cm³/mol. The molecule has 0 aromatic heterocycles. The number of nitrogens with zero attached hydrogens (tertiary/aromatic N) is 1. The number of unbranched alkanes of at least 4 members (excludes halogenated alkanes) is 4. The van der Waals surface area contributed by atoms with Gasteiger partial charge in [0.15, 0.2) is 0 Å². The molecule has 2 heteroatoms. The van der Waals surface area contributed by atoms with Crippen LogP contribution in [0.1, 0.15) is 101 Å². The van der Waals surface area contributed by atoms with Gasteiger partial charge in [0.05, 0.1) is 5.56 Å². The fourth-order valence-electron chi connectivity index (χ4n) is 6.22. The third-order valence-electron chi connectivity index (χ3n) is 7.98. The van der Waals surface area contributed by atoms with Crippen molar-refractivity contribution in [2.75, 3.05) is 0 Å². The van der Waals surface area contributed by atoms with Crippen molar-refractivity contribution in [3.8, 4) is 6.07 Å². The Kier molecular flexibility index (Phi) is 7.08. The molecule has 0 saturated heterocycles. The molecule has 1 nitrogen and oxygen atoms in total. The van der Waals surface area contributed by atoms with Gasteiger partial charge < -0.3 is 0 Å². The molecule has 2 aliphatic carbocycles. The Morgan fingerprint density at radius 3 is 2.53 bits per heavy atom. The van der Waals surface area contributed by atoms with Crippen LogP contribution < -0.4 is 0 Å². The minimum Gasteiger partial charge on any atom is -0.206 e. The maximum absolute atomic E-state index is 14.1. The average molecular weight is 406 g/mol. The molecule has 0 amide bonds. The molecule has 0 aliphatic heterocycles. The number of rotatable bonds is 7. The summed E-state index contributed by atoms with van der Waals surface area (Å²) in [6, 6.07) is 11.6. The Balaban J connectivity index is 1.34. The van der Waals surface area contributed by atoms with E-state index in [1.807, 2.05) is 6.07 Å². The van der Waals surface area contributed by atoms with E-state index in [4.69, 9.17) is 5.26 Å². The number of hydrogen-bond acceptors (Lipinski definition) is 1. The van der Waals surface area contributed by atoms with Gasteiger partial charge in [0.1, 0.15) is 11.9 Å². The maximum atomic E-state index is 14.1. The average Bonchev–Trinajstić information content (AvgIpc) is 2.77. The van der Waals surface area contributed by atoms with Gasteiger partial charge in [-0.15, -0.1) is 0 Å². The molecular weight excluding hydrogens is 369 g/mol. The monoisotopic (exact) mass is 405 g/mol. The molecule has 4 atom stereocenters. The van der Waals surface area contributed by atoms with E-state index in [0.29, 0.717) is 5.92 Å². The van der Waals surface area contributed by atoms with Crippen molar-refractivity contribution in [1.29, 1.82) is 5.26 Å². The lowest BCUT2D eigenvalue weighted by atomic mass is 9.63. The molecule has 0 N–H and O–H groups in total. The van der Waals surface area contributed by atoms with Crippen molar-refractivity contribution in [2.45, 2.75) is 89.9 Å². The second-order valence-electron chi connectivity index (χ2n) is 9.96. The van der Waals surface area contributed by atoms with Crippen LogP contribution in [0, 0.1) is 34.9 Å². The van der Waals surface area contributed by atoms with E-state index < -0.39 is 5.82 Å². The number of fused-ring (bicyclic) bond motifs is 2. The number of benzene rings is 2. The lowest BCUT2D eigenvalue weighted by Gasteiger charge is -2.42. The fourth-order valence-corrected chi connectivity index (χ4v) is 6.22. The standard InChI is InChI=1S/C28H36FN/c1-2-3-4-5-6-7-20-8-9-22-15-23(11-10-21(22)14-20)24-12-13-25-17-27(19-30)28(29)18-26(25)16-24/h12-13,16-18,20-23H,2-11,14-15H2,1H3/t20-,21?,22-,23?/m1/s1. The lowest BCUT2D eigenvalue weighted by molar-refractivity contribution is 0.113. The normalized spacial score (nSPS) is 26.3. The van der Waals surface area contributed by atoms with E-state index in [0.717, 1.165) is 28.5 Å². The summed E-state index contributed by atoms with van der Waals surface area (Å²) in [6.45, 7) is 2.29. The molecule has 2 unspecified atom stereocenters. The molecule has 0 bridgehead atoms. The Morgan fingerprint density at radius 1 is 0.900 bits per heavy atom. The van der Waals surface area contributed by atoms with Gasteiger partial charge in [0.25, 0.3) is 0 Å². The summed E-state index contributed by atoms with van der Waals surface area (Å²) >= 11 is 0. The highest BCUT2D eigenvalue weighted by molar-refractivity contribution is 5.84. The van der Waals surface area contributed by atoms with E-state index in [9.17, 15) is 4.39 Å². The van der Waals surface area contributed by atoms with E-state index in [1.165, 1.54) is 88.7 Å². The molecule has 2 aromatic rings. The van der Waals surface area contributed by atoms with Gasteiger partial charge in [-0.2, -0.15) is 5.26 Å². The van der Waals surface area contributed by atoms with Crippen LogP contribution in [0.15, 0.2) is 30.3 Å². The Morgan fingerprint density at radius 2 is 1.70 bits per heavy atom. The molecule has 0 spiro atoms. The molecule has 2 aliphatic rings. The largest absolute Gasteiger partial charge is 0.206 e. The Bertz CT molecular complexity index is 895. The van der Waals surface area contributed by atoms with E-state index in [-0.39, 0.29) is 5.56 Å². The first-order chi connectivity index (χ1) is 14.7. The summed E-state index contributed by atoms with van der Waals surface area (Å²) in [5.74, 6) is 3.00. The Labute approximate surface area is 181 Å². The topological polar surface area (TPSA) is 23.8 Å². The van der Waals surface area contributed by atoms with Gasteiger partial charge in [-0.25, -0.2) is 4.39 Å². The molecule has 30 heavy (non-hydrogen) atoms. The van der Waals surface area contributed by atoms with Crippen molar-refractivity contribution in [2.24, 2.45) is 17.8 Å². The van der Waals surface area contributed by atoms with Crippen LogP contribution in [0.25, 0.3) is 10.8 Å². The van der Waals surface area contributed by atoms with Crippen molar-refractivity contribution in [1.82, 2.24) is 0 Å². The zero-order valence-electron chi connectivity index (χ0n) is 18.5. The summed E-state index contributed by atoms with van der Waals surface area (Å²) in [5, 5.41) is 10.9. The van der Waals surface area contributed by atoms with Gasteiger partial charge >= 0.3 is 0 Å². The van der Waals surface area contributed by atoms with Crippen LogP contribution in [-0.4, -0.2) is 0 Å². The second-order valence-corrected chi connectivity index (χ2v) is 9.96. The van der Waals surface area contributed by atoms with Crippen LogP contribution >= 0.6 is 0 Å².